The van der Waals surface area contributed by atoms with Crippen LogP contribution in [0.4, 0.5) is 0 Å². The minimum absolute atomic E-state index is 0.0380. The lowest BCUT2D eigenvalue weighted by atomic mass is 10.3. The monoisotopic (exact) mass is 285 g/mol. The maximum absolute atomic E-state index is 11.7. The van der Waals surface area contributed by atoms with Crippen molar-refractivity contribution in [1.29, 1.82) is 0 Å². The van der Waals surface area contributed by atoms with E-state index < -0.39 is 0 Å². The molecule has 2 aromatic rings. The van der Waals surface area contributed by atoms with Gasteiger partial charge in [-0.1, -0.05) is 23.2 Å². The molecule has 1 aromatic carbocycles. The van der Waals surface area contributed by atoms with E-state index in [9.17, 15) is 4.79 Å². The molecule has 2 rings (SSSR count). The zero-order valence-electron chi connectivity index (χ0n) is 8.74. The highest BCUT2D eigenvalue weighted by Gasteiger charge is 2.09. The van der Waals surface area contributed by atoms with Gasteiger partial charge in [-0.25, -0.2) is 0 Å². The third-order valence-corrected chi connectivity index (χ3v) is 3.88. The molecule has 0 aliphatic heterocycles. The number of carbonyl (C=O) groups excluding carboxylic acids is 1. The van der Waals surface area contributed by atoms with Crippen molar-refractivity contribution < 1.29 is 4.79 Å². The van der Waals surface area contributed by atoms with Crippen LogP contribution in [0.5, 0.6) is 0 Å². The number of halogens is 2. The number of rotatable bonds is 4. The molecule has 0 radical (unpaired) electrons. The molecule has 0 aliphatic rings. The Balaban J connectivity index is 2.03. The van der Waals surface area contributed by atoms with E-state index in [1.807, 2.05) is 0 Å². The second kappa shape index (κ2) is 5.63. The van der Waals surface area contributed by atoms with Crippen LogP contribution >= 0.6 is 35.0 Å². The molecule has 88 valence electrons. The molecular weight excluding hydrogens is 277 g/mol. The van der Waals surface area contributed by atoms with E-state index in [0.717, 1.165) is 4.90 Å². The first-order chi connectivity index (χ1) is 8.16. The number of hydrogen-bond donors (Lipinski definition) is 1. The van der Waals surface area contributed by atoms with Crippen LogP contribution in [0.15, 0.2) is 41.4 Å². The Morgan fingerprint density at radius 3 is 2.82 bits per heavy atom. The van der Waals surface area contributed by atoms with Crippen molar-refractivity contribution in [2.75, 3.05) is 5.75 Å². The van der Waals surface area contributed by atoms with E-state index in [2.05, 4.69) is 4.98 Å². The fourth-order valence-electron chi connectivity index (χ4n) is 1.31. The molecule has 0 unspecified atom stereocenters. The lowest BCUT2D eigenvalue weighted by molar-refractivity contribution is 0.101. The molecule has 0 saturated carbocycles. The molecule has 0 spiro atoms. The summed E-state index contributed by atoms with van der Waals surface area (Å²) in [5.41, 5.74) is 0.607. The van der Waals surface area contributed by atoms with Gasteiger partial charge in [-0.2, -0.15) is 0 Å². The van der Waals surface area contributed by atoms with Crippen LogP contribution < -0.4 is 0 Å². The first-order valence-electron chi connectivity index (χ1n) is 4.91. The highest BCUT2D eigenvalue weighted by molar-refractivity contribution is 8.00. The summed E-state index contributed by atoms with van der Waals surface area (Å²) in [4.78, 5) is 15.4. The first kappa shape index (κ1) is 12.6. The van der Waals surface area contributed by atoms with Crippen LogP contribution in [0, 0.1) is 0 Å². The van der Waals surface area contributed by atoms with E-state index in [-0.39, 0.29) is 5.78 Å². The van der Waals surface area contributed by atoms with Gasteiger partial charge < -0.3 is 4.98 Å². The molecule has 5 heteroatoms. The molecule has 0 atom stereocenters. The molecule has 17 heavy (non-hydrogen) atoms. The molecule has 0 bridgehead atoms. The molecule has 0 aliphatic carbocycles. The lowest BCUT2D eigenvalue weighted by Crippen LogP contribution is -2.02. The number of H-pyrrole nitrogens is 1. The van der Waals surface area contributed by atoms with Crippen molar-refractivity contribution >= 4 is 40.7 Å². The smallest absolute Gasteiger partial charge is 0.189 e. The highest BCUT2D eigenvalue weighted by Crippen LogP contribution is 2.30. The minimum atomic E-state index is 0.0380. The average molecular weight is 286 g/mol. The molecular formula is C12H9Cl2NOS. The van der Waals surface area contributed by atoms with Crippen LogP contribution in [0.1, 0.15) is 10.5 Å². The van der Waals surface area contributed by atoms with Crippen molar-refractivity contribution in [3.8, 4) is 0 Å². The molecule has 1 N–H and O–H groups in total. The summed E-state index contributed by atoms with van der Waals surface area (Å²) in [5.74, 6) is 0.372. The van der Waals surface area contributed by atoms with Gasteiger partial charge in [-0.05, 0) is 30.3 Å². The first-order valence-corrected chi connectivity index (χ1v) is 6.65. The van der Waals surface area contributed by atoms with E-state index in [1.54, 1.807) is 36.5 Å². The Morgan fingerprint density at radius 1 is 1.29 bits per heavy atom. The summed E-state index contributed by atoms with van der Waals surface area (Å²) in [6.45, 7) is 0. The Kier molecular flexibility index (Phi) is 4.15. The number of aromatic amines is 1. The quantitative estimate of drug-likeness (QED) is 0.671. The zero-order chi connectivity index (χ0) is 12.3. The van der Waals surface area contributed by atoms with E-state index >= 15 is 0 Å². The standard InChI is InChI=1S/C12H9Cl2NOS/c13-8-3-4-9(14)12(6-8)17-7-11(16)10-2-1-5-15-10/h1-6,15H,7H2. The van der Waals surface area contributed by atoms with Gasteiger partial charge in [0.1, 0.15) is 0 Å². The molecule has 2 nitrogen and oxygen atoms in total. The number of ketones is 1. The topological polar surface area (TPSA) is 32.9 Å². The molecule has 1 aromatic heterocycles. The summed E-state index contributed by atoms with van der Waals surface area (Å²) in [6, 6.07) is 8.76. The van der Waals surface area contributed by atoms with E-state index in [0.29, 0.717) is 21.5 Å². The normalized spacial score (nSPS) is 10.5. The lowest BCUT2D eigenvalue weighted by Gasteiger charge is -2.03. The predicted molar refractivity (Wildman–Crippen MR) is 72.3 cm³/mol. The van der Waals surface area contributed by atoms with Gasteiger partial charge in [0.15, 0.2) is 5.78 Å². The van der Waals surface area contributed by atoms with Crippen molar-refractivity contribution in [1.82, 2.24) is 4.98 Å². The third kappa shape index (κ3) is 3.28. The minimum Gasteiger partial charge on any atom is -0.359 e. The molecule has 1 heterocycles. The second-order valence-electron chi connectivity index (χ2n) is 3.37. The van der Waals surface area contributed by atoms with E-state index in [1.165, 1.54) is 11.8 Å². The van der Waals surface area contributed by atoms with Gasteiger partial charge >= 0.3 is 0 Å². The maximum Gasteiger partial charge on any atom is 0.189 e. The van der Waals surface area contributed by atoms with Crippen molar-refractivity contribution in [3.63, 3.8) is 0 Å². The second-order valence-corrected chi connectivity index (χ2v) is 5.23. The fraction of sp³-hybridized carbons (Fsp3) is 0.0833. The van der Waals surface area contributed by atoms with E-state index in [4.69, 9.17) is 23.2 Å². The summed E-state index contributed by atoms with van der Waals surface area (Å²) in [5, 5.41) is 1.22. The van der Waals surface area contributed by atoms with Gasteiger partial charge in [0.2, 0.25) is 0 Å². The fourth-order valence-corrected chi connectivity index (χ4v) is 2.69. The Hall–Kier alpha value is -0.900. The van der Waals surface area contributed by atoms with Gasteiger partial charge in [0, 0.05) is 16.1 Å². The number of thioether (sulfide) groups is 1. The van der Waals surface area contributed by atoms with Crippen LogP contribution in [0.2, 0.25) is 10.0 Å². The molecule has 0 saturated heterocycles. The number of nitrogens with one attached hydrogen (secondary N) is 1. The van der Waals surface area contributed by atoms with Crippen LogP contribution in [-0.2, 0) is 0 Å². The number of hydrogen-bond acceptors (Lipinski definition) is 2. The largest absolute Gasteiger partial charge is 0.359 e. The summed E-state index contributed by atoms with van der Waals surface area (Å²) >= 11 is 13.3. The summed E-state index contributed by atoms with van der Waals surface area (Å²) in [6.07, 6.45) is 1.73. The summed E-state index contributed by atoms with van der Waals surface area (Å²) in [7, 11) is 0. The van der Waals surface area contributed by atoms with Gasteiger partial charge in [-0.15, -0.1) is 11.8 Å². The number of benzene rings is 1. The SMILES string of the molecule is O=C(CSc1cc(Cl)ccc1Cl)c1ccc[nH]1. The number of carbonyl (C=O) groups is 1. The van der Waals surface area contributed by atoms with Gasteiger partial charge in [0.05, 0.1) is 16.5 Å². The maximum atomic E-state index is 11.7. The number of Topliss-reactive ketones (excluding diaryl/α,β-unsaturated/α-hetero) is 1. The van der Waals surface area contributed by atoms with Crippen LogP contribution in [0.3, 0.4) is 0 Å². The van der Waals surface area contributed by atoms with Crippen LogP contribution in [-0.4, -0.2) is 16.5 Å². The average Bonchev–Trinajstić information content (AvgIpc) is 2.83. The Morgan fingerprint density at radius 2 is 2.12 bits per heavy atom. The van der Waals surface area contributed by atoms with Crippen molar-refractivity contribution in [2.45, 2.75) is 4.90 Å². The Labute approximate surface area is 113 Å². The Bertz CT molecular complexity index is 525. The number of aromatic nitrogens is 1. The highest BCUT2D eigenvalue weighted by atomic mass is 35.5. The summed E-state index contributed by atoms with van der Waals surface area (Å²) < 4.78 is 0. The van der Waals surface area contributed by atoms with Crippen LogP contribution in [0.25, 0.3) is 0 Å². The van der Waals surface area contributed by atoms with Gasteiger partial charge in [-0.3, -0.25) is 4.79 Å². The van der Waals surface area contributed by atoms with Crippen molar-refractivity contribution in [2.24, 2.45) is 0 Å². The predicted octanol–water partition coefficient (Wildman–Crippen LogP) is 4.30. The molecule has 0 fully saturated rings. The molecule has 0 amide bonds. The zero-order valence-corrected chi connectivity index (χ0v) is 11.1. The van der Waals surface area contributed by atoms with Gasteiger partial charge in [0.25, 0.3) is 0 Å². The third-order valence-electron chi connectivity index (χ3n) is 2.15. The van der Waals surface area contributed by atoms with Crippen molar-refractivity contribution in [3.05, 3.63) is 52.3 Å².